The Balaban J connectivity index is 2.09. The first-order valence-electron chi connectivity index (χ1n) is 7.40. The second-order valence-corrected chi connectivity index (χ2v) is 6.28. The Bertz CT molecular complexity index is 628. The largest absolute Gasteiger partial charge is 0.321 e. The lowest BCUT2D eigenvalue weighted by atomic mass is 9.67. The van der Waals surface area contributed by atoms with Crippen LogP contribution in [-0.4, -0.2) is 0 Å². The molecule has 2 aromatic rings. The molecule has 0 aliphatic heterocycles. The zero-order valence-electron chi connectivity index (χ0n) is 11.9. The summed E-state index contributed by atoms with van der Waals surface area (Å²) in [5.41, 5.74) is 8.12. The highest BCUT2D eigenvalue weighted by molar-refractivity contribution is 6.31. The zero-order valence-corrected chi connectivity index (χ0v) is 12.6. The fourth-order valence-electron chi connectivity index (χ4n) is 3.52. The van der Waals surface area contributed by atoms with Gasteiger partial charge in [0.15, 0.2) is 0 Å². The molecule has 0 amide bonds. The standard InChI is InChI=1S/C18H19ClFN/c19-17-10-9-14(20)12-16(17)18(21)11-5-4-8-15(18)13-6-2-1-3-7-13/h1-3,6-7,9-10,12,15H,4-5,8,11,21H2. The molecular weight excluding hydrogens is 285 g/mol. The van der Waals surface area contributed by atoms with E-state index >= 15 is 0 Å². The predicted molar refractivity (Wildman–Crippen MR) is 84.9 cm³/mol. The minimum Gasteiger partial charge on any atom is -0.321 e. The number of hydrogen-bond acceptors (Lipinski definition) is 1. The Labute approximate surface area is 129 Å². The molecule has 3 rings (SSSR count). The van der Waals surface area contributed by atoms with Crippen molar-refractivity contribution in [2.75, 3.05) is 0 Å². The van der Waals surface area contributed by atoms with E-state index in [1.165, 1.54) is 17.7 Å². The molecule has 2 aromatic carbocycles. The Morgan fingerprint density at radius 3 is 2.62 bits per heavy atom. The van der Waals surface area contributed by atoms with Gasteiger partial charge in [-0.25, -0.2) is 4.39 Å². The van der Waals surface area contributed by atoms with Gasteiger partial charge in [-0.3, -0.25) is 0 Å². The lowest BCUT2D eigenvalue weighted by Gasteiger charge is -2.42. The third-order valence-electron chi connectivity index (χ3n) is 4.59. The Morgan fingerprint density at radius 2 is 1.86 bits per heavy atom. The average molecular weight is 304 g/mol. The number of rotatable bonds is 2. The van der Waals surface area contributed by atoms with Crippen molar-refractivity contribution in [2.45, 2.75) is 37.1 Å². The fraction of sp³-hybridized carbons (Fsp3) is 0.333. The third-order valence-corrected chi connectivity index (χ3v) is 4.92. The van der Waals surface area contributed by atoms with Crippen LogP contribution in [0.5, 0.6) is 0 Å². The lowest BCUT2D eigenvalue weighted by molar-refractivity contribution is 0.254. The van der Waals surface area contributed by atoms with E-state index in [0.29, 0.717) is 5.02 Å². The van der Waals surface area contributed by atoms with E-state index < -0.39 is 5.54 Å². The van der Waals surface area contributed by atoms with Gasteiger partial charge in [-0.15, -0.1) is 0 Å². The SMILES string of the molecule is NC1(c2cc(F)ccc2Cl)CCCCC1c1ccccc1. The second kappa shape index (κ2) is 5.78. The van der Waals surface area contributed by atoms with Crippen LogP contribution in [0.3, 0.4) is 0 Å². The first-order chi connectivity index (χ1) is 10.1. The van der Waals surface area contributed by atoms with E-state index in [2.05, 4.69) is 12.1 Å². The highest BCUT2D eigenvalue weighted by Gasteiger charge is 2.40. The molecule has 1 aliphatic rings. The molecule has 0 aromatic heterocycles. The molecule has 1 fully saturated rings. The van der Waals surface area contributed by atoms with Crippen molar-refractivity contribution < 1.29 is 4.39 Å². The maximum absolute atomic E-state index is 13.7. The topological polar surface area (TPSA) is 26.0 Å². The molecule has 0 radical (unpaired) electrons. The summed E-state index contributed by atoms with van der Waals surface area (Å²) in [4.78, 5) is 0. The van der Waals surface area contributed by atoms with E-state index in [9.17, 15) is 4.39 Å². The molecule has 1 aliphatic carbocycles. The zero-order chi connectivity index (χ0) is 14.9. The highest BCUT2D eigenvalue weighted by Crippen LogP contribution is 2.47. The molecular formula is C18H19ClFN. The van der Waals surface area contributed by atoms with Crippen molar-refractivity contribution in [1.82, 2.24) is 0 Å². The molecule has 2 N–H and O–H groups in total. The summed E-state index contributed by atoms with van der Waals surface area (Å²) in [5, 5.41) is 0.557. The van der Waals surface area contributed by atoms with Crippen LogP contribution >= 0.6 is 11.6 Å². The third kappa shape index (κ3) is 2.70. The van der Waals surface area contributed by atoms with Gasteiger partial charge in [0.2, 0.25) is 0 Å². The van der Waals surface area contributed by atoms with Crippen LogP contribution in [0.2, 0.25) is 5.02 Å². The van der Waals surface area contributed by atoms with Gasteiger partial charge in [-0.2, -0.15) is 0 Å². The van der Waals surface area contributed by atoms with Crippen molar-refractivity contribution in [2.24, 2.45) is 5.73 Å². The van der Waals surface area contributed by atoms with Gasteiger partial charge in [-0.1, -0.05) is 54.8 Å². The molecule has 2 atom stereocenters. The normalized spacial score (nSPS) is 25.8. The Morgan fingerprint density at radius 1 is 1.10 bits per heavy atom. The van der Waals surface area contributed by atoms with Crippen LogP contribution in [0.4, 0.5) is 4.39 Å². The highest BCUT2D eigenvalue weighted by atomic mass is 35.5. The van der Waals surface area contributed by atoms with Crippen LogP contribution in [0.25, 0.3) is 0 Å². The van der Waals surface area contributed by atoms with Gasteiger partial charge in [0.1, 0.15) is 5.82 Å². The number of hydrogen-bond donors (Lipinski definition) is 1. The molecule has 1 nitrogen and oxygen atoms in total. The number of halogens is 2. The minimum absolute atomic E-state index is 0.173. The molecule has 0 heterocycles. The van der Waals surface area contributed by atoms with Gasteiger partial charge in [-0.05, 0) is 42.2 Å². The van der Waals surface area contributed by atoms with Crippen molar-refractivity contribution >= 4 is 11.6 Å². The molecule has 2 unspecified atom stereocenters. The predicted octanol–water partition coefficient (Wildman–Crippen LogP) is 4.99. The Kier molecular flexibility index (Phi) is 4.01. The quantitative estimate of drug-likeness (QED) is 0.831. The van der Waals surface area contributed by atoms with E-state index in [-0.39, 0.29) is 11.7 Å². The van der Waals surface area contributed by atoms with Gasteiger partial charge in [0.05, 0.1) is 0 Å². The average Bonchev–Trinajstić information content (AvgIpc) is 2.51. The molecule has 110 valence electrons. The first kappa shape index (κ1) is 14.6. The summed E-state index contributed by atoms with van der Waals surface area (Å²) in [6.45, 7) is 0. The smallest absolute Gasteiger partial charge is 0.123 e. The minimum atomic E-state index is -0.598. The van der Waals surface area contributed by atoms with Gasteiger partial charge in [0.25, 0.3) is 0 Å². The maximum atomic E-state index is 13.7. The fourth-order valence-corrected chi connectivity index (χ4v) is 3.82. The summed E-state index contributed by atoms with van der Waals surface area (Å²) in [5.74, 6) is -0.108. The van der Waals surface area contributed by atoms with Crippen molar-refractivity contribution in [1.29, 1.82) is 0 Å². The van der Waals surface area contributed by atoms with Crippen LogP contribution in [0.15, 0.2) is 48.5 Å². The van der Waals surface area contributed by atoms with Crippen molar-refractivity contribution in [3.05, 3.63) is 70.5 Å². The molecule has 0 bridgehead atoms. The molecule has 0 saturated heterocycles. The van der Waals surface area contributed by atoms with Gasteiger partial charge in [0, 0.05) is 16.5 Å². The maximum Gasteiger partial charge on any atom is 0.123 e. The van der Waals surface area contributed by atoms with Gasteiger partial charge < -0.3 is 5.73 Å². The summed E-state index contributed by atoms with van der Waals surface area (Å²) in [7, 11) is 0. The van der Waals surface area contributed by atoms with Crippen LogP contribution in [-0.2, 0) is 5.54 Å². The van der Waals surface area contributed by atoms with E-state index in [4.69, 9.17) is 17.3 Å². The van der Waals surface area contributed by atoms with Crippen LogP contribution in [0.1, 0.15) is 42.7 Å². The molecule has 0 spiro atoms. The molecule has 1 saturated carbocycles. The monoisotopic (exact) mass is 303 g/mol. The number of benzene rings is 2. The second-order valence-electron chi connectivity index (χ2n) is 5.87. The van der Waals surface area contributed by atoms with E-state index in [1.807, 2.05) is 18.2 Å². The molecule has 21 heavy (non-hydrogen) atoms. The summed E-state index contributed by atoms with van der Waals surface area (Å²) < 4.78 is 13.7. The van der Waals surface area contributed by atoms with Gasteiger partial charge >= 0.3 is 0 Å². The Hall–Kier alpha value is -1.38. The lowest BCUT2D eigenvalue weighted by Crippen LogP contribution is -2.45. The summed E-state index contributed by atoms with van der Waals surface area (Å²) >= 11 is 6.33. The van der Waals surface area contributed by atoms with Crippen molar-refractivity contribution in [3.63, 3.8) is 0 Å². The van der Waals surface area contributed by atoms with Crippen LogP contribution < -0.4 is 5.73 Å². The van der Waals surface area contributed by atoms with E-state index in [0.717, 1.165) is 31.2 Å². The van der Waals surface area contributed by atoms with E-state index in [1.54, 1.807) is 6.07 Å². The van der Waals surface area contributed by atoms with Crippen LogP contribution in [0, 0.1) is 5.82 Å². The molecule has 3 heteroatoms. The summed E-state index contributed by atoms with van der Waals surface area (Å²) in [6, 6.07) is 14.8. The first-order valence-corrected chi connectivity index (χ1v) is 7.78. The number of nitrogens with two attached hydrogens (primary N) is 1. The van der Waals surface area contributed by atoms with Crippen molar-refractivity contribution in [3.8, 4) is 0 Å². The summed E-state index contributed by atoms with van der Waals surface area (Å²) in [6.07, 6.45) is 4.03.